The quantitative estimate of drug-likeness (QED) is 0.231. The molecule has 4 rings (SSSR count). The van der Waals surface area contributed by atoms with Crippen molar-refractivity contribution < 1.29 is 18.0 Å². The molecule has 0 heterocycles. The molecule has 0 bridgehead atoms. The molecule has 1 aliphatic carbocycles. The van der Waals surface area contributed by atoms with Crippen LogP contribution in [0.15, 0.2) is 71.6 Å². The van der Waals surface area contributed by atoms with Crippen molar-refractivity contribution in [3.63, 3.8) is 0 Å². The lowest BCUT2D eigenvalue weighted by molar-refractivity contribution is -0.140. The van der Waals surface area contributed by atoms with Gasteiger partial charge in [0.2, 0.25) is 11.8 Å². The second-order valence-corrected chi connectivity index (χ2v) is 13.9. The third kappa shape index (κ3) is 8.04. The lowest BCUT2D eigenvalue weighted by Crippen LogP contribution is -2.54. The Bertz CT molecular complexity index is 1520. The molecule has 1 unspecified atom stereocenters. The summed E-state index contributed by atoms with van der Waals surface area (Å²) in [5.74, 6) is -0.851. The monoisotopic (exact) mass is 663 g/mol. The molecule has 3 aromatic rings. The molecule has 1 atom stereocenters. The smallest absolute Gasteiger partial charge is 0.264 e. The van der Waals surface area contributed by atoms with E-state index in [2.05, 4.69) is 5.32 Å². The summed E-state index contributed by atoms with van der Waals surface area (Å²) >= 11 is 19.1. The Morgan fingerprint density at radius 1 is 0.907 bits per heavy atom. The maximum Gasteiger partial charge on any atom is 0.264 e. The zero-order valence-electron chi connectivity index (χ0n) is 24.2. The van der Waals surface area contributed by atoms with E-state index in [0.717, 1.165) is 36.4 Å². The Labute approximate surface area is 269 Å². The maximum absolute atomic E-state index is 14.3. The molecule has 43 heavy (non-hydrogen) atoms. The molecule has 2 amide bonds. The lowest BCUT2D eigenvalue weighted by Gasteiger charge is -2.35. The summed E-state index contributed by atoms with van der Waals surface area (Å²) in [7, 11) is -4.21. The van der Waals surface area contributed by atoms with Crippen molar-refractivity contribution in [1.29, 1.82) is 0 Å². The summed E-state index contributed by atoms with van der Waals surface area (Å²) in [6.45, 7) is 2.97. The SMILES string of the molecule is CCC(C(=O)NC1CCCCC1)N(Cc1c(Cl)cccc1Cl)C(=O)CN(c1ccccc1C)S(=O)(=O)c1ccc(Cl)cc1. The number of rotatable bonds is 11. The van der Waals surface area contributed by atoms with Crippen molar-refractivity contribution in [2.24, 2.45) is 0 Å². The first-order valence-electron chi connectivity index (χ1n) is 14.4. The highest BCUT2D eigenvalue weighted by molar-refractivity contribution is 7.92. The Balaban J connectivity index is 1.75. The number of sulfonamides is 1. The molecule has 1 saturated carbocycles. The molecule has 0 aromatic heterocycles. The average Bonchev–Trinajstić information content (AvgIpc) is 2.98. The van der Waals surface area contributed by atoms with E-state index in [9.17, 15) is 18.0 Å². The standard InChI is InChI=1S/C32H36Cl3N3O4S/c1-3-29(32(40)36-24-11-5-4-6-12-24)37(20-26-27(34)13-9-14-28(26)35)31(39)21-38(30-15-8-7-10-22(30)2)43(41,42)25-18-16-23(33)17-19-25/h7-10,13-19,24,29H,3-6,11-12,20-21H2,1-2H3,(H,36,40). The maximum atomic E-state index is 14.3. The largest absolute Gasteiger partial charge is 0.352 e. The molecular weight excluding hydrogens is 629 g/mol. The van der Waals surface area contributed by atoms with Crippen LogP contribution < -0.4 is 9.62 Å². The zero-order valence-corrected chi connectivity index (χ0v) is 27.3. The fourth-order valence-corrected chi connectivity index (χ4v) is 7.53. The molecule has 0 saturated heterocycles. The number of hydrogen-bond acceptors (Lipinski definition) is 4. The second-order valence-electron chi connectivity index (χ2n) is 10.7. The van der Waals surface area contributed by atoms with Gasteiger partial charge < -0.3 is 10.2 Å². The summed E-state index contributed by atoms with van der Waals surface area (Å²) in [5, 5.41) is 4.21. The van der Waals surface area contributed by atoms with E-state index >= 15 is 0 Å². The van der Waals surface area contributed by atoms with Gasteiger partial charge in [0.1, 0.15) is 12.6 Å². The van der Waals surface area contributed by atoms with E-state index in [1.807, 2.05) is 6.92 Å². The number of hydrogen-bond donors (Lipinski definition) is 1. The fourth-order valence-electron chi connectivity index (χ4n) is 5.41. The van der Waals surface area contributed by atoms with Gasteiger partial charge in [-0.1, -0.05) is 85.3 Å². The summed E-state index contributed by atoms with van der Waals surface area (Å²) in [6.07, 6.45) is 5.28. The number of aryl methyl sites for hydroxylation is 1. The third-order valence-electron chi connectivity index (χ3n) is 7.79. The molecular formula is C32H36Cl3N3O4S. The number of anilines is 1. The molecule has 1 fully saturated rings. The lowest BCUT2D eigenvalue weighted by atomic mass is 9.95. The first-order valence-corrected chi connectivity index (χ1v) is 17.0. The van der Waals surface area contributed by atoms with Gasteiger partial charge in [-0.05, 0) is 74.2 Å². The molecule has 1 aliphatic rings. The minimum atomic E-state index is -4.21. The Morgan fingerprint density at radius 2 is 1.53 bits per heavy atom. The van der Waals surface area contributed by atoms with E-state index < -0.39 is 28.5 Å². The van der Waals surface area contributed by atoms with Gasteiger partial charge in [0.05, 0.1) is 10.6 Å². The molecule has 3 aromatic carbocycles. The van der Waals surface area contributed by atoms with Crippen molar-refractivity contribution in [2.75, 3.05) is 10.8 Å². The number of amides is 2. The van der Waals surface area contributed by atoms with Gasteiger partial charge in [-0.2, -0.15) is 0 Å². The highest BCUT2D eigenvalue weighted by Crippen LogP contribution is 2.30. The van der Waals surface area contributed by atoms with Gasteiger partial charge in [-0.25, -0.2) is 8.42 Å². The van der Waals surface area contributed by atoms with Gasteiger partial charge >= 0.3 is 0 Å². The number of carbonyl (C=O) groups is 2. The van der Waals surface area contributed by atoms with Crippen molar-refractivity contribution in [2.45, 2.75) is 75.9 Å². The van der Waals surface area contributed by atoms with Crippen molar-refractivity contribution in [3.05, 3.63) is 92.9 Å². The van der Waals surface area contributed by atoms with E-state index in [-0.39, 0.29) is 23.4 Å². The summed E-state index contributed by atoms with van der Waals surface area (Å²) in [6, 6.07) is 16.9. The molecule has 0 aliphatic heterocycles. The first-order chi connectivity index (χ1) is 20.5. The highest BCUT2D eigenvalue weighted by atomic mass is 35.5. The van der Waals surface area contributed by atoms with Gasteiger partial charge in [0.15, 0.2) is 0 Å². The summed E-state index contributed by atoms with van der Waals surface area (Å²) in [4.78, 5) is 29.4. The predicted molar refractivity (Wildman–Crippen MR) is 173 cm³/mol. The third-order valence-corrected chi connectivity index (χ3v) is 10.5. The topological polar surface area (TPSA) is 86.8 Å². The van der Waals surface area contributed by atoms with Crippen LogP contribution in [-0.4, -0.2) is 43.8 Å². The van der Waals surface area contributed by atoms with E-state index in [1.165, 1.54) is 29.2 Å². The minimum absolute atomic E-state index is 0.0178. The Morgan fingerprint density at radius 3 is 2.14 bits per heavy atom. The van der Waals surface area contributed by atoms with Crippen LogP contribution >= 0.6 is 34.8 Å². The van der Waals surface area contributed by atoms with Crippen molar-refractivity contribution >= 4 is 62.3 Å². The van der Waals surface area contributed by atoms with Crippen LogP contribution in [-0.2, 0) is 26.2 Å². The van der Waals surface area contributed by atoms with E-state index in [4.69, 9.17) is 34.8 Å². The Kier molecular flexibility index (Phi) is 11.4. The van der Waals surface area contributed by atoms with Crippen LogP contribution in [0.3, 0.4) is 0 Å². The van der Waals surface area contributed by atoms with E-state index in [0.29, 0.717) is 38.3 Å². The predicted octanol–water partition coefficient (Wildman–Crippen LogP) is 7.41. The van der Waals surface area contributed by atoms with Gasteiger partial charge in [-0.15, -0.1) is 0 Å². The fraction of sp³-hybridized carbons (Fsp3) is 0.375. The average molecular weight is 665 g/mol. The van der Waals surface area contributed by atoms with Crippen LogP contribution in [0.5, 0.6) is 0 Å². The van der Waals surface area contributed by atoms with Crippen LogP contribution in [0, 0.1) is 6.92 Å². The number of carbonyl (C=O) groups excluding carboxylic acids is 2. The van der Waals surface area contributed by atoms with Crippen molar-refractivity contribution in [3.8, 4) is 0 Å². The summed E-state index contributed by atoms with van der Waals surface area (Å²) in [5.41, 5.74) is 1.49. The number of nitrogens with zero attached hydrogens (tertiary/aromatic N) is 2. The normalized spacial score (nSPS) is 14.6. The van der Waals surface area contributed by atoms with Gasteiger partial charge in [0.25, 0.3) is 10.0 Å². The zero-order chi connectivity index (χ0) is 31.1. The minimum Gasteiger partial charge on any atom is -0.352 e. The number of nitrogens with one attached hydrogen (secondary N) is 1. The van der Waals surface area contributed by atoms with Gasteiger partial charge in [0, 0.05) is 33.2 Å². The van der Waals surface area contributed by atoms with Crippen molar-refractivity contribution in [1.82, 2.24) is 10.2 Å². The number of para-hydroxylation sites is 1. The van der Waals surface area contributed by atoms with Crippen LogP contribution in [0.1, 0.15) is 56.6 Å². The number of benzene rings is 3. The summed E-state index contributed by atoms with van der Waals surface area (Å²) < 4.78 is 29.2. The molecule has 0 radical (unpaired) electrons. The van der Waals surface area contributed by atoms with Crippen LogP contribution in [0.2, 0.25) is 15.1 Å². The number of halogens is 3. The molecule has 0 spiro atoms. The highest BCUT2D eigenvalue weighted by Gasteiger charge is 2.35. The van der Waals surface area contributed by atoms with Crippen LogP contribution in [0.25, 0.3) is 0 Å². The Hall–Kier alpha value is -2.78. The van der Waals surface area contributed by atoms with E-state index in [1.54, 1.807) is 49.4 Å². The first kappa shape index (κ1) is 33.1. The van der Waals surface area contributed by atoms with Crippen LogP contribution in [0.4, 0.5) is 5.69 Å². The molecule has 1 N–H and O–H groups in total. The molecule has 11 heteroatoms. The second kappa shape index (κ2) is 14.8. The molecule has 7 nitrogen and oxygen atoms in total. The van der Waals surface area contributed by atoms with Gasteiger partial charge in [-0.3, -0.25) is 13.9 Å². The molecule has 230 valence electrons.